The summed E-state index contributed by atoms with van der Waals surface area (Å²) in [5.74, 6) is -2.91. The van der Waals surface area contributed by atoms with Gasteiger partial charge in [0.25, 0.3) is 0 Å². The van der Waals surface area contributed by atoms with E-state index in [1.54, 1.807) is 59.0 Å². The van der Waals surface area contributed by atoms with Gasteiger partial charge in [0, 0.05) is 12.6 Å². The molecule has 3 amide bonds. The molecule has 0 aliphatic rings. The van der Waals surface area contributed by atoms with Crippen molar-refractivity contribution in [2.45, 2.75) is 91.1 Å². The Hall–Kier alpha value is -5.01. The number of carbonyl (C=O) groups excluding carboxylic acids is 5. The summed E-state index contributed by atoms with van der Waals surface area (Å²) in [5.41, 5.74) is 0.600. The summed E-state index contributed by atoms with van der Waals surface area (Å²) in [5, 5.41) is 19.4. The number of amides is 3. The Morgan fingerprint density at radius 3 is 2.22 bits per heavy atom. The molecule has 0 saturated heterocycles. The molecule has 1 unspecified atom stereocenters. The molecule has 0 aliphatic carbocycles. The van der Waals surface area contributed by atoms with E-state index in [2.05, 4.69) is 36.5 Å². The number of pyridine rings is 1. The van der Waals surface area contributed by atoms with E-state index < -0.39 is 53.7 Å². The van der Waals surface area contributed by atoms with Crippen LogP contribution in [0.2, 0.25) is 0 Å². The number of aryl methyl sites for hydroxylation is 1. The molecule has 0 saturated carbocycles. The maximum absolute atomic E-state index is 13.5. The molecule has 3 N–H and O–H groups in total. The van der Waals surface area contributed by atoms with Crippen LogP contribution < -0.4 is 16.0 Å². The van der Waals surface area contributed by atoms with E-state index in [1.165, 1.54) is 11.6 Å². The number of benzene rings is 1. The van der Waals surface area contributed by atoms with Crippen LogP contribution in [0.5, 0.6) is 0 Å². The second-order valence-corrected chi connectivity index (χ2v) is 12.2. The fraction of sp³-hybridized carbons (Fsp3) is 0.469. The van der Waals surface area contributed by atoms with Crippen molar-refractivity contribution >= 4 is 29.5 Å². The molecule has 0 aliphatic heterocycles. The molecular weight excluding hydrogens is 592 g/mol. The van der Waals surface area contributed by atoms with Gasteiger partial charge >= 0.3 is 5.97 Å². The number of aromatic nitrogens is 5. The Labute approximate surface area is 268 Å². The highest BCUT2D eigenvalue weighted by Gasteiger charge is 2.31. The van der Waals surface area contributed by atoms with Crippen molar-refractivity contribution < 1.29 is 28.7 Å². The minimum atomic E-state index is -1.32. The van der Waals surface area contributed by atoms with Gasteiger partial charge in [0.1, 0.15) is 29.9 Å². The zero-order valence-electron chi connectivity index (χ0n) is 27.0. The number of Topliss-reactive ketones (excluding diaryl/α,β-unsaturated/α-hetero) is 1. The van der Waals surface area contributed by atoms with Crippen molar-refractivity contribution in [1.29, 1.82) is 0 Å². The van der Waals surface area contributed by atoms with Crippen LogP contribution >= 0.6 is 0 Å². The molecule has 3 rings (SSSR count). The van der Waals surface area contributed by atoms with Gasteiger partial charge < -0.3 is 20.7 Å². The zero-order valence-corrected chi connectivity index (χ0v) is 27.0. The number of nitrogens with one attached hydrogen (secondary N) is 3. The van der Waals surface area contributed by atoms with Gasteiger partial charge in [-0.2, -0.15) is 0 Å². The number of hydrogen-bond acceptors (Lipinski definition) is 10. The van der Waals surface area contributed by atoms with E-state index in [4.69, 9.17) is 4.74 Å². The van der Waals surface area contributed by atoms with Crippen LogP contribution in [-0.4, -0.2) is 78.4 Å². The number of hydrogen-bond donors (Lipinski definition) is 3. The molecule has 0 bridgehead atoms. The topological polar surface area (TPSA) is 187 Å². The zero-order chi connectivity index (χ0) is 33.9. The monoisotopic (exact) mass is 634 g/mol. The van der Waals surface area contributed by atoms with Crippen LogP contribution in [0.15, 0.2) is 54.7 Å². The number of ether oxygens (including phenoxy) is 1. The third-order valence-corrected chi connectivity index (χ3v) is 6.73. The number of rotatable bonds is 15. The van der Waals surface area contributed by atoms with Crippen molar-refractivity contribution in [3.8, 4) is 11.5 Å². The summed E-state index contributed by atoms with van der Waals surface area (Å²) in [6.45, 7) is 9.67. The fourth-order valence-electron chi connectivity index (χ4n) is 4.39. The van der Waals surface area contributed by atoms with E-state index in [9.17, 15) is 24.0 Å². The van der Waals surface area contributed by atoms with Gasteiger partial charge in [0.2, 0.25) is 23.5 Å². The third-order valence-electron chi connectivity index (χ3n) is 6.73. The van der Waals surface area contributed by atoms with E-state index in [0.717, 1.165) is 5.56 Å². The number of carbonyl (C=O) groups is 5. The van der Waals surface area contributed by atoms with Gasteiger partial charge in [0.15, 0.2) is 5.78 Å². The lowest BCUT2D eigenvalue weighted by Crippen LogP contribution is -2.56. The number of ketones is 1. The highest BCUT2D eigenvalue weighted by Crippen LogP contribution is 2.14. The molecule has 46 heavy (non-hydrogen) atoms. The maximum Gasteiger partial charge on any atom is 0.308 e. The summed E-state index contributed by atoms with van der Waals surface area (Å²) < 4.78 is 6.61. The first-order chi connectivity index (χ1) is 21.7. The highest BCUT2D eigenvalue weighted by atomic mass is 16.6. The lowest BCUT2D eigenvalue weighted by Gasteiger charge is -2.25. The first-order valence-corrected chi connectivity index (χ1v) is 15.1. The van der Waals surface area contributed by atoms with E-state index in [1.807, 2.05) is 30.3 Å². The Kier molecular flexibility index (Phi) is 12.6. The summed E-state index contributed by atoms with van der Waals surface area (Å²) in [4.78, 5) is 69.5. The summed E-state index contributed by atoms with van der Waals surface area (Å²) in [6.07, 6.45) is 1.79. The molecule has 2 heterocycles. The maximum atomic E-state index is 13.5. The fourth-order valence-corrected chi connectivity index (χ4v) is 4.39. The molecule has 0 spiro atoms. The molecular formula is C32H42N8O6. The van der Waals surface area contributed by atoms with Crippen LogP contribution in [0.4, 0.5) is 0 Å². The second-order valence-electron chi connectivity index (χ2n) is 12.2. The van der Waals surface area contributed by atoms with Gasteiger partial charge in [-0.05, 0) is 68.2 Å². The third kappa shape index (κ3) is 11.2. The lowest BCUT2D eigenvalue weighted by molar-refractivity contribution is -0.156. The predicted octanol–water partition coefficient (Wildman–Crippen LogP) is 1.80. The molecule has 2 aromatic heterocycles. The summed E-state index contributed by atoms with van der Waals surface area (Å²) >= 11 is 0. The van der Waals surface area contributed by atoms with Crippen LogP contribution in [0.1, 0.15) is 59.9 Å². The normalized spacial score (nSPS) is 13.3. The lowest BCUT2D eigenvalue weighted by atomic mass is 10.0. The van der Waals surface area contributed by atoms with Crippen LogP contribution in [-0.2, 0) is 41.7 Å². The number of esters is 1. The minimum Gasteiger partial charge on any atom is -0.460 e. The van der Waals surface area contributed by atoms with Gasteiger partial charge in [0.05, 0.1) is 12.5 Å². The standard InChI is InChI=1S/C32H42N8O6/c1-20(2)28(36-26(42)16-15-22-12-8-7-9-13-22)31(45)34-21(3)30(44)35-24(18-27(43)46-32(4,5)6)25(41)19-40-29(37-38-39-40)23-14-10-11-17-33-23/h7-14,17,20-21,24,28H,15-16,18-19H2,1-6H3,(H,34,45)(H,35,44)(H,36,42)/t21-,24?,28-/m0/s1. The minimum absolute atomic E-state index is 0.189. The summed E-state index contributed by atoms with van der Waals surface area (Å²) in [6, 6.07) is 11.3. The van der Waals surface area contributed by atoms with E-state index in [0.29, 0.717) is 12.1 Å². The molecule has 14 nitrogen and oxygen atoms in total. The second kappa shape index (κ2) is 16.3. The molecule has 0 fully saturated rings. The largest absolute Gasteiger partial charge is 0.460 e. The van der Waals surface area contributed by atoms with Gasteiger partial charge in [-0.25, -0.2) is 4.68 Å². The SMILES string of the molecule is CC(C)[C@H](NC(=O)CCc1ccccc1)C(=O)N[C@@H](C)C(=O)NC(CC(=O)OC(C)(C)C)C(=O)Cn1nnnc1-c1ccccn1. The van der Waals surface area contributed by atoms with E-state index in [-0.39, 0.29) is 30.6 Å². The summed E-state index contributed by atoms with van der Waals surface area (Å²) in [7, 11) is 0. The average Bonchev–Trinajstić information content (AvgIpc) is 3.46. The molecule has 1 aromatic carbocycles. The van der Waals surface area contributed by atoms with Crippen molar-refractivity contribution in [1.82, 2.24) is 41.1 Å². The quantitative estimate of drug-likeness (QED) is 0.208. The Morgan fingerprint density at radius 2 is 1.59 bits per heavy atom. The smallest absolute Gasteiger partial charge is 0.308 e. The van der Waals surface area contributed by atoms with Crippen molar-refractivity contribution in [2.24, 2.45) is 5.92 Å². The van der Waals surface area contributed by atoms with Crippen molar-refractivity contribution in [3.63, 3.8) is 0 Å². The van der Waals surface area contributed by atoms with Gasteiger partial charge in [-0.15, -0.1) is 5.10 Å². The molecule has 246 valence electrons. The molecule has 3 atom stereocenters. The van der Waals surface area contributed by atoms with Gasteiger partial charge in [-0.1, -0.05) is 50.2 Å². The van der Waals surface area contributed by atoms with Crippen LogP contribution in [0, 0.1) is 5.92 Å². The first-order valence-electron chi connectivity index (χ1n) is 15.1. The first kappa shape index (κ1) is 35.5. The predicted molar refractivity (Wildman–Crippen MR) is 168 cm³/mol. The molecule has 0 radical (unpaired) electrons. The average molecular weight is 635 g/mol. The Morgan fingerprint density at radius 1 is 0.891 bits per heavy atom. The Bertz CT molecular complexity index is 1490. The van der Waals surface area contributed by atoms with Crippen LogP contribution in [0.25, 0.3) is 11.5 Å². The number of tetrazole rings is 1. The van der Waals surface area contributed by atoms with Crippen molar-refractivity contribution in [3.05, 3.63) is 60.3 Å². The van der Waals surface area contributed by atoms with E-state index >= 15 is 0 Å². The Balaban J connectivity index is 1.67. The van der Waals surface area contributed by atoms with Crippen LogP contribution in [0.3, 0.4) is 0 Å². The molecule has 3 aromatic rings. The molecule has 14 heteroatoms. The highest BCUT2D eigenvalue weighted by molar-refractivity contribution is 5.96. The van der Waals surface area contributed by atoms with Gasteiger partial charge in [-0.3, -0.25) is 29.0 Å². The number of nitrogens with zero attached hydrogens (tertiary/aromatic N) is 5. The van der Waals surface area contributed by atoms with Crippen molar-refractivity contribution in [2.75, 3.05) is 0 Å².